The number of aromatic nitrogens is 4. The number of rotatable bonds is 2. The third-order valence-electron chi connectivity index (χ3n) is 5.60. The van der Waals surface area contributed by atoms with E-state index in [2.05, 4.69) is 15.5 Å². The molecule has 2 amide bonds. The van der Waals surface area contributed by atoms with E-state index in [-0.39, 0.29) is 17.2 Å². The van der Waals surface area contributed by atoms with Gasteiger partial charge in [-0.1, -0.05) is 6.07 Å². The van der Waals surface area contributed by atoms with Crippen molar-refractivity contribution in [3.63, 3.8) is 0 Å². The molecule has 0 unspecified atom stereocenters. The summed E-state index contributed by atoms with van der Waals surface area (Å²) < 4.78 is 1.61. The normalized spacial score (nSPS) is 19.4. The van der Waals surface area contributed by atoms with Crippen LogP contribution < -0.4 is 0 Å². The fourth-order valence-corrected chi connectivity index (χ4v) is 4.05. The van der Waals surface area contributed by atoms with Gasteiger partial charge in [-0.3, -0.25) is 9.59 Å². The average Bonchev–Trinajstić information content (AvgIpc) is 3.18. The number of hydrogen-bond donors (Lipinski definition) is 0. The van der Waals surface area contributed by atoms with Crippen LogP contribution in [0.3, 0.4) is 0 Å². The average molecular weight is 354 g/mol. The van der Waals surface area contributed by atoms with Crippen LogP contribution in [-0.4, -0.2) is 68.5 Å². The van der Waals surface area contributed by atoms with Gasteiger partial charge in [-0.2, -0.15) is 4.68 Å². The highest BCUT2D eigenvalue weighted by Gasteiger charge is 2.44. The van der Waals surface area contributed by atoms with Crippen molar-refractivity contribution in [1.29, 1.82) is 0 Å². The van der Waals surface area contributed by atoms with Gasteiger partial charge in [0.15, 0.2) is 5.82 Å². The number of nitrogens with zero attached hydrogens (tertiary/aromatic N) is 6. The highest BCUT2D eigenvalue weighted by Crippen LogP contribution is 2.40. The number of aryl methyl sites for hydroxylation is 1. The van der Waals surface area contributed by atoms with E-state index in [0.29, 0.717) is 30.9 Å². The first kappa shape index (κ1) is 16.7. The molecular formula is C18H22N6O2. The summed E-state index contributed by atoms with van der Waals surface area (Å²) in [7, 11) is 1.86. The monoisotopic (exact) mass is 354 g/mol. The molecule has 2 fully saturated rings. The van der Waals surface area contributed by atoms with E-state index in [1.165, 1.54) is 0 Å². The van der Waals surface area contributed by atoms with Crippen LogP contribution in [0.25, 0.3) is 5.69 Å². The van der Waals surface area contributed by atoms with E-state index in [1.54, 1.807) is 4.68 Å². The van der Waals surface area contributed by atoms with E-state index in [9.17, 15) is 9.59 Å². The molecular weight excluding hydrogens is 332 g/mol. The van der Waals surface area contributed by atoms with E-state index < -0.39 is 0 Å². The molecule has 0 atom stereocenters. The predicted octanol–water partition coefficient (Wildman–Crippen LogP) is 1.06. The molecule has 1 aromatic heterocycles. The number of amides is 2. The molecule has 26 heavy (non-hydrogen) atoms. The molecule has 2 aromatic rings. The lowest BCUT2D eigenvalue weighted by atomic mass is 9.77. The highest BCUT2D eigenvalue weighted by molar-refractivity contribution is 5.94. The topological polar surface area (TPSA) is 84.2 Å². The summed E-state index contributed by atoms with van der Waals surface area (Å²) in [5.74, 6) is 0.906. The van der Waals surface area contributed by atoms with Gasteiger partial charge in [-0.05, 0) is 48.4 Å². The number of likely N-dealkylation sites (tertiary alicyclic amines) is 2. The quantitative estimate of drug-likeness (QED) is 0.805. The van der Waals surface area contributed by atoms with Crippen LogP contribution in [0.2, 0.25) is 0 Å². The summed E-state index contributed by atoms with van der Waals surface area (Å²) >= 11 is 0. The van der Waals surface area contributed by atoms with Gasteiger partial charge in [0.05, 0.1) is 5.69 Å². The smallest absolute Gasteiger partial charge is 0.253 e. The zero-order chi connectivity index (χ0) is 18.3. The summed E-state index contributed by atoms with van der Waals surface area (Å²) in [6.07, 6.45) is 2.36. The zero-order valence-corrected chi connectivity index (χ0v) is 15.1. The second kappa shape index (κ2) is 6.19. The maximum atomic E-state index is 12.9. The Morgan fingerprint density at radius 2 is 2.00 bits per heavy atom. The molecule has 4 rings (SSSR count). The largest absolute Gasteiger partial charge is 0.345 e. The third-order valence-corrected chi connectivity index (χ3v) is 5.60. The first-order valence-electron chi connectivity index (χ1n) is 8.86. The summed E-state index contributed by atoms with van der Waals surface area (Å²) in [6, 6.07) is 7.37. The molecule has 1 aromatic carbocycles. The number of carbonyl (C=O) groups excluding carboxylic acids is 2. The van der Waals surface area contributed by atoms with Crippen LogP contribution in [0.1, 0.15) is 35.4 Å². The van der Waals surface area contributed by atoms with Crippen molar-refractivity contribution in [2.75, 3.05) is 26.7 Å². The van der Waals surface area contributed by atoms with Gasteiger partial charge in [-0.25, -0.2) is 0 Å². The lowest BCUT2D eigenvalue weighted by Gasteiger charge is -2.38. The standard InChI is InChI=1S/C18H22N6O2/c1-13-19-20-21-24(13)15-5-3-4-14(10-15)17(26)23-8-6-18(7-9-23)11-16(25)22(2)12-18/h3-5,10H,6-9,11-12H2,1-2H3. The van der Waals surface area contributed by atoms with Gasteiger partial charge in [0.2, 0.25) is 5.91 Å². The Hall–Kier alpha value is -2.77. The number of benzene rings is 1. The second-order valence-electron chi connectivity index (χ2n) is 7.41. The van der Waals surface area contributed by atoms with Gasteiger partial charge < -0.3 is 9.80 Å². The second-order valence-corrected chi connectivity index (χ2v) is 7.41. The first-order valence-corrected chi connectivity index (χ1v) is 8.86. The molecule has 1 spiro atoms. The number of tetrazole rings is 1. The van der Waals surface area contributed by atoms with Crippen LogP contribution in [0.15, 0.2) is 24.3 Å². The molecule has 136 valence electrons. The minimum absolute atomic E-state index is 0.0186. The Morgan fingerprint density at radius 3 is 2.62 bits per heavy atom. The van der Waals surface area contributed by atoms with E-state index >= 15 is 0 Å². The minimum atomic E-state index is 0.0186. The molecule has 2 saturated heterocycles. The predicted molar refractivity (Wildman–Crippen MR) is 93.7 cm³/mol. The Morgan fingerprint density at radius 1 is 1.23 bits per heavy atom. The molecule has 0 saturated carbocycles. The van der Waals surface area contributed by atoms with Gasteiger partial charge >= 0.3 is 0 Å². The lowest BCUT2D eigenvalue weighted by molar-refractivity contribution is -0.126. The third kappa shape index (κ3) is 2.85. The molecule has 0 radical (unpaired) electrons. The van der Waals surface area contributed by atoms with Crippen molar-refractivity contribution in [3.05, 3.63) is 35.7 Å². The van der Waals surface area contributed by atoms with Crippen LogP contribution in [0.4, 0.5) is 0 Å². The van der Waals surface area contributed by atoms with Crippen LogP contribution in [-0.2, 0) is 4.79 Å². The summed E-state index contributed by atoms with van der Waals surface area (Å²) in [4.78, 5) is 28.5. The molecule has 3 heterocycles. The van der Waals surface area contributed by atoms with Crippen LogP contribution in [0.5, 0.6) is 0 Å². The molecule has 0 N–H and O–H groups in total. The fraction of sp³-hybridized carbons (Fsp3) is 0.500. The van der Waals surface area contributed by atoms with Crippen molar-refractivity contribution in [1.82, 2.24) is 30.0 Å². The Bertz CT molecular complexity index is 853. The zero-order valence-electron chi connectivity index (χ0n) is 15.1. The summed E-state index contributed by atoms with van der Waals surface area (Å²) in [5.41, 5.74) is 1.45. The Labute approximate surface area is 151 Å². The van der Waals surface area contributed by atoms with Crippen molar-refractivity contribution in [3.8, 4) is 5.69 Å². The molecule has 2 aliphatic heterocycles. The number of carbonyl (C=O) groups is 2. The van der Waals surface area contributed by atoms with Gasteiger partial charge in [0.1, 0.15) is 0 Å². The SMILES string of the molecule is Cc1nnnn1-c1cccc(C(=O)N2CCC3(CC2)CC(=O)N(C)C3)c1. The summed E-state index contributed by atoms with van der Waals surface area (Å²) in [6.45, 7) is 4.00. The first-order chi connectivity index (χ1) is 12.5. The van der Waals surface area contributed by atoms with Gasteiger partial charge in [0.25, 0.3) is 5.91 Å². The van der Waals surface area contributed by atoms with Gasteiger partial charge in [-0.15, -0.1) is 5.10 Å². The van der Waals surface area contributed by atoms with Crippen molar-refractivity contribution in [2.45, 2.75) is 26.2 Å². The van der Waals surface area contributed by atoms with Crippen LogP contribution >= 0.6 is 0 Å². The minimum Gasteiger partial charge on any atom is -0.345 e. The molecule has 0 aliphatic carbocycles. The number of hydrogen-bond acceptors (Lipinski definition) is 5. The fourth-order valence-electron chi connectivity index (χ4n) is 4.05. The molecule has 8 nitrogen and oxygen atoms in total. The number of piperidine rings is 1. The Kier molecular flexibility index (Phi) is 3.97. The van der Waals surface area contributed by atoms with E-state index in [0.717, 1.165) is 25.1 Å². The van der Waals surface area contributed by atoms with E-state index in [4.69, 9.17) is 0 Å². The van der Waals surface area contributed by atoms with Gasteiger partial charge in [0, 0.05) is 44.1 Å². The maximum absolute atomic E-state index is 12.9. The molecule has 8 heteroatoms. The van der Waals surface area contributed by atoms with Crippen LogP contribution in [0, 0.1) is 12.3 Å². The molecule has 2 aliphatic rings. The molecule has 0 bridgehead atoms. The van der Waals surface area contributed by atoms with Crippen molar-refractivity contribution < 1.29 is 9.59 Å². The van der Waals surface area contributed by atoms with Crippen molar-refractivity contribution in [2.24, 2.45) is 5.41 Å². The van der Waals surface area contributed by atoms with Crippen molar-refractivity contribution >= 4 is 11.8 Å². The lowest BCUT2D eigenvalue weighted by Crippen LogP contribution is -2.44. The summed E-state index contributed by atoms with van der Waals surface area (Å²) in [5, 5.41) is 11.5. The maximum Gasteiger partial charge on any atom is 0.253 e. The highest BCUT2D eigenvalue weighted by atomic mass is 16.2. The Balaban J connectivity index is 1.48. The van der Waals surface area contributed by atoms with E-state index in [1.807, 2.05) is 48.0 Å².